The fraction of sp³-hybridized carbons (Fsp3) is 0.312. The topological polar surface area (TPSA) is 70.8 Å². The maximum Gasteiger partial charge on any atom is 0.226 e. The Morgan fingerprint density at radius 2 is 1.81 bits per heavy atom. The quantitative estimate of drug-likeness (QED) is 0.929. The molecule has 5 heteroatoms. The SMILES string of the molecule is CCNc1nc(C)cc(Oc2c(C)cc(C#N)cc2C)n1. The third-order valence-corrected chi connectivity index (χ3v) is 2.96. The van der Waals surface area contributed by atoms with Gasteiger partial charge in [-0.25, -0.2) is 4.98 Å². The van der Waals surface area contributed by atoms with Crippen LogP contribution in [0, 0.1) is 32.1 Å². The molecule has 1 aromatic heterocycles. The number of benzene rings is 1. The highest BCUT2D eigenvalue weighted by Crippen LogP contribution is 2.29. The van der Waals surface area contributed by atoms with Crippen LogP contribution in [0.4, 0.5) is 5.95 Å². The van der Waals surface area contributed by atoms with E-state index in [1.165, 1.54) is 0 Å². The van der Waals surface area contributed by atoms with E-state index in [0.29, 0.717) is 17.4 Å². The maximum atomic E-state index is 8.98. The lowest BCUT2D eigenvalue weighted by molar-refractivity contribution is 0.454. The molecule has 0 saturated heterocycles. The highest BCUT2D eigenvalue weighted by Gasteiger charge is 2.10. The van der Waals surface area contributed by atoms with Gasteiger partial charge in [0.15, 0.2) is 0 Å². The molecule has 0 spiro atoms. The first-order valence-corrected chi connectivity index (χ1v) is 6.82. The summed E-state index contributed by atoms with van der Waals surface area (Å²) in [6.07, 6.45) is 0. The molecule has 1 N–H and O–H groups in total. The summed E-state index contributed by atoms with van der Waals surface area (Å²) in [5.41, 5.74) is 3.28. The van der Waals surface area contributed by atoms with Gasteiger partial charge in [-0.1, -0.05) is 0 Å². The van der Waals surface area contributed by atoms with Crippen molar-refractivity contribution in [2.24, 2.45) is 0 Å². The first-order valence-electron chi connectivity index (χ1n) is 6.82. The highest BCUT2D eigenvalue weighted by molar-refractivity contribution is 5.48. The fourth-order valence-corrected chi connectivity index (χ4v) is 2.11. The van der Waals surface area contributed by atoms with E-state index >= 15 is 0 Å². The normalized spacial score (nSPS) is 10.0. The average Bonchev–Trinajstić information content (AvgIpc) is 2.42. The summed E-state index contributed by atoms with van der Waals surface area (Å²) in [4.78, 5) is 8.63. The smallest absolute Gasteiger partial charge is 0.226 e. The Kier molecular flexibility index (Phi) is 4.39. The van der Waals surface area contributed by atoms with Gasteiger partial charge < -0.3 is 10.1 Å². The number of aromatic nitrogens is 2. The summed E-state index contributed by atoms with van der Waals surface area (Å²) in [7, 11) is 0. The predicted molar refractivity (Wildman–Crippen MR) is 81.6 cm³/mol. The molecule has 1 aromatic carbocycles. The highest BCUT2D eigenvalue weighted by atomic mass is 16.5. The first-order chi connectivity index (χ1) is 10.0. The molecule has 2 rings (SSSR count). The maximum absolute atomic E-state index is 8.98. The Balaban J connectivity index is 2.36. The van der Waals surface area contributed by atoms with Crippen molar-refractivity contribution in [3.63, 3.8) is 0 Å². The molecule has 1 heterocycles. The molecule has 0 fully saturated rings. The van der Waals surface area contributed by atoms with Crippen molar-refractivity contribution in [2.75, 3.05) is 11.9 Å². The molecule has 0 aliphatic rings. The number of ether oxygens (including phenoxy) is 1. The summed E-state index contributed by atoms with van der Waals surface area (Å²) in [6, 6.07) is 7.55. The van der Waals surface area contributed by atoms with Gasteiger partial charge in [-0.2, -0.15) is 10.2 Å². The van der Waals surface area contributed by atoms with Crippen molar-refractivity contribution in [3.05, 3.63) is 40.6 Å². The molecule has 0 unspecified atom stereocenters. The lowest BCUT2D eigenvalue weighted by atomic mass is 10.1. The summed E-state index contributed by atoms with van der Waals surface area (Å²) < 4.78 is 5.91. The van der Waals surface area contributed by atoms with Crippen molar-refractivity contribution in [1.82, 2.24) is 9.97 Å². The van der Waals surface area contributed by atoms with Crippen LogP contribution in [0.2, 0.25) is 0 Å². The van der Waals surface area contributed by atoms with Crippen LogP contribution in [0.1, 0.15) is 29.3 Å². The summed E-state index contributed by atoms with van der Waals surface area (Å²) >= 11 is 0. The number of nitrogens with zero attached hydrogens (tertiary/aromatic N) is 3. The summed E-state index contributed by atoms with van der Waals surface area (Å²) in [6.45, 7) is 8.47. The third kappa shape index (κ3) is 3.48. The molecule has 5 nitrogen and oxygen atoms in total. The second-order valence-electron chi connectivity index (χ2n) is 4.85. The van der Waals surface area contributed by atoms with Crippen LogP contribution < -0.4 is 10.1 Å². The zero-order valence-electron chi connectivity index (χ0n) is 12.7. The number of nitrogens with one attached hydrogen (secondary N) is 1. The molecular weight excluding hydrogens is 264 g/mol. The van der Waals surface area contributed by atoms with E-state index in [4.69, 9.17) is 10.00 Å². The molecule has 0 bridgehead atoms. The van der Waals surface area contributed by atoms with Gasteiger partial charge in [-0.3, -0.25) is 0 Å². The van der Waals surface area contributed by atoms with Crippen LogP contribution in [0.15, 0.2) is 18.2 Å². The summed E-state index contributed by atoms with van der Waals surface area (Å²) in [5, 5.41) is 12.1. The predicted octanol–water partition coefficient (Wildman–Crippen LogP) is 3.50. The minimum absolute atomic E-state index is 0.495. The second kappa shape index (κ2) is 6.23. The first kappa shape index (κ1) is 14.8. The van der Waals surface area contributed by atoms with E-state index in [0.717, 1.165) is 29.1 Å². The lowest BCUT2D eigenvalue weighted by Crippen LogP contribution is -2.04. The van der Waals surface area contributed by atoms with Crippen molar-refractivity contribution >= 4 is 5.95 Å². The van der Waals surface area contributed by atoms with Gasteiger partial charge in [0, 0.05) is 18.3 Å². The zero-order chi connectivity index (χ0) is 15.4. The molecule has 0 aliphatic carbocycles. The Morgan fingerprint density at radius 3 is 2.38 bits per heavy atom. The van der Waals surface area contributed by atoms with Crippen molar-refractivity contribution in [2.45, 2.75) is 27.7 Å². The molecule has 0 saturated carbocycles. The minimum atomic E-state index is 0.495. The molecule has 2 aromatic rings. The van der Waals surface area contributed by atoms with Gasteiger partial charge in [0.1, 0.15) is 5.75 Å². The number of hydrogen-bond donors (Lipinski definition) is 1. The molecule has 0 amide bonds. The van der Waals surface area contributed by atoms with Crippen LogP contribution in [0.3, 0.4) is 0 Å². The number of aryl methyl sites for hydroxylation is 3. The largest absolute Gasteiger partial charge is 0.438 e. The fourth-order valence-electron chi connectivity index (χ4n) is 2.11. The van der Waals surface area contributed by atoms with Crippen LogP contribution in [0.5, 0.6) is 11.6 Å². The average molecular weight is 282 g/mol. The van der Waals surface area contributed by atoms with E-state index in [-0.39, 0.29) is 0 Å². The lowest BCUT2D eigenvalue weighted by Gasteiger charge is -2.12. The van der Waals surface area contributed by atoms with Gasteiger partial charge in [0.05, 0.1) is 11.6 Å². The van der Waals surface area contributed by atoms with Crippen molar-refractivity contribution < 1.29 is 4.74 Å². The van der Waals surface area contributed by atoms with Crippen molar-refractivity contribution in [1.29, 1.82) is 5.26 Å². The van der Waals surface area contributed by atoms with Crippen LogP contribution in [-0.2, 0) is 0 Å². The molecule has 0 radical (unpaired) electrons. The standard InChI is InChI=1S/C16H18N4O/c1-5-18-16-19-12(4)8-14(20-16)21-15-10(2)6-13(9-17)7-11(15)3/h6-8H,5H2,1-4H3,(H,18,19,20). The van der Waals surface area contributed by atoms with Crippen LogP contribution >= 0.6 is 0 Å². The molecule has 0 atom stereocenters. The molecule has 21 heavy (non-hydrogen) atoms. The Labute approximate surface area is 124 Å². The van der Waals surface area contributed by atoms with E-state index in [9.17, 15) is 0 Å². The summed E-state index contributed by atoms with van der Waals surface area (Å²) in [5.74, 6) is 1.78. The Bertz CT molecular complexity index is 681. The van der Waals surface area contributed by atoms with Gasteiger partial charge in [-0.15, -0.1) is 0 Å². The van der Waals surface area contributed by atoms with Gasteiger partial charge >= 0.3 is 0 Å². The number of nitriles is 1. The van der Waals surface area contributed by atoms with Gasteiger partial charge in [0.25, 0.3) is 0 Å². The number of anilines is 1. The minimum Gasteiger partial charge on any atom is -0.438 e. The molecule has 0 aliphatic heterocycles. The second-order valence-corrected chi connectivity index (χ2v) is 4.85. The number of rotatable bonds is 4. The van der Waals surface area contributed by atoms with E-state index in [2.05, 4.69) is 21.4 Å². The third-order valence-electron chi connectivity index (χ3n) is 2.96. The number of hydrogen-bond acceptors (Lipinski definition) is 5. The Morgan fingerprint density at radius 1 is 1.14 bits per heavy atom. The van der Waals surface area contributed by atoms with Crippen LogP contribution in [0.25, 0.3) is 0 Å². The van der Waals surface area contributed by atoms with Gasteiger partial charge in [-0.05, 0) is 51.0 Å². The van der Waals surface area contributed by atoms with E-state index in [1.54, 1.807) is 6.07 Å². The molecule has 108 valence electrons. The zero-order valence-corrected chi connectivity index (χ0v) is 12.7. The van der Waals surface area contributed by atoms with E-state index < -0.39 is 0 Å². The van der Waals surface area contributed by atoms with Crippen molar-refractivity contribution in [3.8, 4) is 17.7 Å². The molecular formula is C16H18N4O. The van der Waals surface area contributed by atoms with Crippen LogP contribution in [-0.4, -0.2) is 16.5 Å². The Hall–Kier alpha value is -2.61. The monoisotopic (exact) mass is 282 g/mol. The van der Waals surface area contributed by atoms with Gasteiger partial charge in [0.2, 0.25) is 11.8 Å². The van der Waals surface area contributed by atoms with E-state index in [1.807, 2.05) is 39.8 Å².